The van der Waals surface area contributed by atoms with E-state index in [0.717, 1.165) is 38.5 Å². The van der Waals surface area contributed by atoms with Gasteiger partial charge in [-0.25, -0.2) is 0 Å². The highest BCUT2D eigenvalue weighted by atomic mass is 27.0. The lowest BCUT2D eigenvalue weighted by Crippen LogP contribution is -2.04. The van der Waals surface area contributed by atoms with E-state index in [-0.39, 0.29) is 37.2 Å². The van der Waals surface area contributed by atoms with E-state index in [1.165, 1.54) is 385 Å². The normalized spacial score (nSPS) is 11.1. The zero-order chi connectivity index (χ0) is 54.8. The molecule has 76 heavy (non-hydrogen) atoms. The van der Waals surface area contributed by atoms with Crippen LogP contribution in [0.5, 0.6) is 0 Å². The van der Waals surface area contributed by atoms with Gasteiger partial charge in [0.15, 0.2) is 0 Å². The van der Waals surface area contributed by atoms with Crippen LogP contribution in [0, 0.1) is 0 Å². The van der Waals surface area contributed by atoms with Gasteiger partial charge < -0.3 is 15.3 Å². The number of rotatable bonds is 66. The summed E-state index contributed by atoms with van der Waals surface area (Å²) in [6, 6.07) is 0. The monoisotopic (exact) mass is 1090 g/mol. The highest BCUT2D eigenvalue weighted by Crippen LogP contribution is 2.19. The fourth-order valence-corrected chi connectivity index (χ4v) is 11.1. The molecular formula is C72H147AlO3-3. The van der Waals surface area contributed by atoms with Gasteiger partial charge in [0.05, 0.1) is 0 Å². The van der Waals surface area contributed by atoms with Gasteiger partial charge in [-0.15, -0.1) is 19.8 Å². The Morgan fingerprint density at radius 3 is 0.250 bits per heavy atom. The van der Waals surface area contributed by atoms with E-state index in [1.807, 2.05) is 0 Å². The second kappa shape index (κ2) is 86.7. The van der Waals surface area contributed by atoms with Gasteiger partial charge >= 0.3 is 0 Å². The molecule has 0 aromatic heterocycles. The maximum atomic E-state index is 10.3. The second-order valence-electron chi connectivity index (χ2n) is 24.4. The fraction of sp³-hybridized carbons (Fsp3) is 1.00. The van der Waals surface area contributed by atoms with Crippen LogP contribution in [0.3, 0.4) is 0 Å². The third-order valence-corrected chi connectivity index (χ3v) is 16.5. The van der Waals surface area contributed by atoms with Crippen molar-refractivity contribution in [2.45, 2.75) is 445 Å². The minimum atomic E-state index is 0. The third-order valence-electron chi connectivity index (χ3n) is 16.5. The average Bonchev–Trinajstić information content (AvgIpc) is 3.42. The molecule has 4 heteroatoms. The van der Waals surface area contributed by atoms with Crippen molar-refractivity contribution in [3.63, 3.8) is 0 Å². The van der Waals surface area contributed by atoms with Crippen molar-refractivity contribution in [3.8, 4) is 0 Å². The molecule has 0 spiro atoms. The van der Waals surface area contributed by atoms with Crippen LogP contribution in [0.25, 0.3) is 0 Å². The minimum absolute atomic E-state index is 0. The number of hydrogen-bond donors (Lipinski definition) is 0. The zero-order valence-corrected chi connectivity index (χ0v) is 54.7. The van der Waals surface area contributed by atoms with Crippen molar-refractivity contribution in [2.24, 2.45) is 0 Å². The summed E-state index contributed by atoms with van der Waals surface area (Å²) in [6.07, 6.45) is 92.3. The molecule has 0 amide bonds. The van der Waals surface area contributed by atoms with Crippen molar-refractivity contribution in [1.82, 2.24) is 0 Å². The molecule has 0 aliphatic heterocycles. The summed E-state index contributed by atoms with van der Waals surface area (Å²) < 4.78 is 0. The quantitative estimate of drug-likeness (QED) is 0.0450. The second-order valence-corrected chi connectivity index (χ2v) is 24.4. The fourth-order valence-electron chi connectivity index (χ4n) is 11.1. The predicted molar refractivity (Wildman–Crippen MR) is 342 cm³/mol. The molecule has 0 aromatic rings. The third kappa shape index (κ3) is 90.9. The average molecular weight is 1090 g/mol. The van der Waals surface area contributed by atoms with Crippen molar-refractivity contribution >= 4 is 17.4 Å². The molecule has 3 nitrogen and oxygen atoms in total. The highest BCUT2D eigenvalue weighted by Gasteiger charge is 1.99. The summed E-state index contributed by atoms with van der Waals surface area (Å²) >= 11 is 0. The van der Waals surface area contributed by atoms with Crippen LogP contribution >= 0.6 is 0 Å². The van der Waals surface area contributed by atoms with Crippen LogP contribution in [0.1, 0.15) is 445 Å². The Hall–Kier alpha value is 0.412. The SMILES string of the molecule is CCCCCCCCCCCCCCCCCCCCCCCC[O-].CCCCCCCCCCCCCCCCCCCCCCCC[O-].CCCCCCCCCCCCCCCCCCCCCCCC[O-].[Al]. The van der Waals surface area contributed by atoms with E-state index < -0.39 is 0 Å². The maximum absolute atomic E-state index is 10.3. The lowest BCUT2D eigenvalue weighted by atomic mass is 10.0. The number of hydrogen-bond acceptors (Lipinski definition) is 3. The van der Waals surface area contributed by atoms with Crippen LogP contribution in [-0.4, -0.2) is 37.2 Å². The van der Waals surface area contributed by atoms with Gasteiger partial charge in [-0.2, -0.15) is 0 Å². The maximum Gasteiger partial charge on any atom is 0 e. The molecule has 0 saturated heterocycles. The Labute approximate surface area is 494 Å². The highest BCUT2D eigenvalue weighted by molar-refractivity contribution is 5.75. The molecule has 0 atom stereocenters. The molecule has 0 aromatic carbocycles. The zero-order valence-electron chi connectivity index (χ0n) is 53.6. The van der Waals surface area contributed by atoms with Crippen molar-refractivity contribution in [3.05, 3.63) is 0 Å². The van der Waals surface area contributed by atoms with Crippen LogP contribution in [0.2, 0.25) is 0 Å². The van der Waals surface area contributed by atoms with Gasteiger partial charge in [0.1, 0.15) is 0 Å². The molecule has 0 aliphatic carbocycles. The Morgan fingerprint density at radius 2 is 0.184 bits per heavy atom. The lowest BCUT2D eigenvalue weighted by Gasteiger charge is -2.04. The minimum Gasteiger partial charge on any atom is -0.854 e. The molecule has 459 valence electrons. The molecule has 0 heterocycles. The Kier molecular flexibility index (Phi) is 94.5. The van der Waals surface area contributed by atoms with Crippen LogP contribution in [-0.2, 0) is 0 Å². The van der Waals surface area contributed by atoms with Gasteiger partial charge in [-0.1, -0.05) is 445 Å². The summed E-state index contributed by atoms with van der Waals surface area (Å²) in [5, 5.41) is 31.0. The van der Waals surface area contributed by atoms with Gasteiger partial charge in [0.2, 0.25) is 0 Å². The van der Waals surface area contributed by atoms with Gasteiger partial charge in [0.25, 0.3) is 0 Å². The standard InChI is InChI=1S/3C24H49O.Al/c3*1-2-3-4-5-6-7-8-9-10-11-12-13-14-15-16-17-18-19-20-21-22-23-24-25;/h3*2-24H2,1H3;/q3*-1;. The Balaban J connectivity index is -0.000000508. The molecule has 0 fully saturated rings. The molecule has 0 rings (SSSR count). The van der Waals surface area contributed by atoms with Crippen LogP contribution in [0.4, 0.5) is 0 Å². The summed E-state index contributed by atoms with van der Waals surface area (Å²) in [4.78, 5) is 0. The van der Waals surface area contributed by atoms with Gasteiger partial charge in [-0.3, -0.25) is 0 Å². The molecule has 0 aliphatic rings. The first-order valence-electron chi connectivity index (χ1n) is 36.0. The van der Waals surface area contributed by atoms with E-state index in [9.17, 15) is 15.3 Å². The topological polar surface area (TPSA) is 69.2 Å². The van der Waals surface area contributed by atoms with E-state index in [2.05, 4.69) is 20.8 Å². The van der Waals surface area contributed by atoms with Crippen LogP contribution < -0.4 is 15.3 Å². The smallest absolute Gasteiger partial charge is 0 e. The first-order chi connectivity index (χ1) is 37.2. The first kappa shape index (κ1) is 82.9. The van der Waals surface area contributed by atoms with Crippen molar-refractivity contribution < 1.29 is 15.3 Å². The van der Waals surface area contributed by atoms with Gasteiger partial charge in [0, 0.05) is 17.4 Å². The largest absolute Gasteiger partial charge is 0.854 e. The Bertz CT molecular complexity index is 693. The predicted octanol–water partition coefficient (Wildman–Crippen LogP) is 23.5. The van der Waals surface area contributed by atoms with Gasteiger partial charge in [-0.05, 0) is 0 Å². The van der Waals surface area contributed by atoms with Crippen molar-refractivity contribution in [1.29, 1.82) is 0 Å². The summed E-state index contributed by atoms with van der Waals surface area (Å²) in [6.45, 7) is 7.25. The van der Waals surface area contributed by atoms with Crippen LogP contribution in [0.15, 0.2) is 0 Å². The molecule has 0 saturated carbocycles. The molecular weight excluding hydrogens is 940 g/mol. The number of unbranched alkanes of at least 4 members (excludes halogenated alkanes) is 63. The summed E-state index contributed by atoms with van der Waals surface area (Å²) in [5.74, 6) is 0. The molecule has 3 radical (unpaired) electrons. The first-order valence-corrected chi connectivity index (χ1v) is 36.0. The van der Waals surface area contributed by atoms with E-state index in [4.69, 9.17) is 0 Å². The summed E-state index contributed by atoms with van der Waals surface area (Å²) in [5.41, 5.74) is 0. The Morgan fingerprint density at radius 1 is 0.118 bits per heavy atom. The van der Waals surface area contributed by atoms with E-state index >= 15 is 0 Å². The van der Waals surface area contributed by atoms with E-state index in [1.54, 1.807) is 0 Å². The van der Waals surface area contributed by atoms with Crippen molar-refractivity contribution in [2.75, 3.05) is 19.8 Å². The van der Waals surface area contributed by atoms with E-state index in [0.29, 0.717) is 0 Å². The molecule has 0 bridgehead atoms. The molecule has 0 N–H and O–H groups in total. The molecule has 0 unspecified atom stereocenters. The summed E-state index contributed by atoms with van der Waals surface area (Å²) in [7, 11) is 0. The lowest BCUT2D eigenvalue weighted by molar-refractivity contribution is -0.368.